The third-order valence-corrected chi connectivity index (χ3v) is 9.24. The Kier molecular flexibility index (Phi) is 10.9. The van der Waals surface area contributed by atoms with Gasteiger partial charge in [0, 0.05) is 23.0 Å². The van der Waals surface area contributed by atoms with E-state index in [2.05, 4.69) is 152 Å². The Labute approximate surface area is 273 Å². The number of amides is 1. The van der Waals surface area contributed by atoms with Gasteiger partial charge in [0.15, 0.2) is 0 Å². The predicted molar refractivity (Wildman–Crippen MR) is 176 cm³/mol. The van der Waals surface area contributed by atoms with Crippen molar-refractivity contribution in [2.75, 3.05) is 0 Å². The van der Waals surface area contributed by atoms with E-state index in [9.17, 15) is 4.79 Å². The second-order valence-electron chi connectivity index (χ2n) is 11.7. The molecule has 0 aromatic heterocycles. The second-order valence-corrected chi connectivity index (χ2v) is 11.7. The minimum atomic E-state index is -0.196. The van der Waals surface area contributed by atoms with Gasteiger partial charge in [-0.15, -0.1) is 0 Å². The molecule has 44 heavy (non-hydrogen) atoms. The van der Waals surface area contributed by atoms with Gasteiger partial charge in [-0.25, -0.2) is 0 Å². The quantitative estimate of drug-likeness (QED) is 0.190. The number of rotatable bonds is 6. The molecule has 2 nitrogen and oxygen atoms in total. The van der Waals surface area contributed by atoms with E-state index in [1.807, 2.05) is 12.8 Å². The molecule has 0 saturated heterocycles. The van der Waals surface area contributed by atoms with Crippen LogP contribution < -0.4 is 5.73 Å². The van der Waals surface area contributed by atoms with Crippen molar-refractivity contribution in [3.8, 4) is 0 Å². The number of primary amides is 1. The standard InChI is InChI=1S/C35H30.C6H9NO.Fe/c1-6-16-26(17-7-1)31-32(27-18-8-2-9-19-27)34(29-22-12-4-13-23-29)35(30-24-14-5-15-25-30)33(31)28-20-10-3-11-21-28;7-6(8)5-3-1-2-4-5;/h1-25,31-35H;1,3,5H,2,4H2,(H2,7,8);. The fraction of sp³-hybridized carbons (Fsp3) is 0.195. The molecule has 2 N–H and O–H groups in total. The van der Waals surface area contributed by atoms with Crippen molar-refractivity contribution in [3.05, 3.63) is 192 Å². The fourth-order valence-electron chi connectivity index (χ4n) is 7.44. The third-order valence-electron chi connectivity index (χ3n) is 9.24. The molecule has 0 aliphatic heterocycles. The zero-order valence-electron chi connectivity index (χ0n) is 24.8. The Morgan fingerprint density at radius 3 is 0.864 bits per heavy atom. The molecule has 3 heteroatoms. The summed E-state index contributed by atoms with van der Waals surface area (Å²) in [6.07, 6.45) is 5.79. The molecule has 1 amide bonds. The van der Waals surface area contributed by atoms with Crippen molar-refractivity contribution < 1.29 is 21.9 Å². The molecule has 1 unspecified atom stereocenters. The molecule has 1 atom stereocenters. The number of hydrogen-bond acceptors (Lipinski definition) is 1. The van der Waals surface area contributed by atoms with E-state index < -0.39 is 0 Å². The topological polar surface area (TPSA) is 43.1 Å². The van der Waals surface area contributed by atoms with Crippen LogP contribution in [0.2, 0.25) is 0 Å². The minimum Gasteiger partial charge on any atom is -0.369 e. The van der Waals surface area contributed by atoms with Gasteiger partial charge in [-0.3, -0.25) is 4.79 Å². The van der Waals surface area contributed by atoms with E-state index in [1.165, 1.54) is 27.8 Å². The van der Waals surface area contributed by atoms with E-state index >= 15 is 0 Å². The van der Waals surface area contributed by atoms with E-state index in [-0.39, 0.29) is 28.9 Å². The Bertz CT molecular complexity index is 1290. The molecule has 2 fully saturated rings. The van der Waals surface area contributed by atoms with Crippen molar-refractivity contribution >= 4 is 5.91 Å². The van der Waals surface area contributed by atoms with Crippen LogP contribution in [0.3, 0.4) is 0 Å². The molecule has 0 spiro atoms. The molecule has 0 heterocycles. The van der Waals surface area contributed by atoms with Crippen molar-refractivity contribution in [2.24, 2.45) is 11.7 Å². The molecule has 0 bridgehead atoms. The first-order valence-electron chi connectivity index (χ1n) is 15.4. The normalized spacial score (nSPS) is 22.8. The number of nitrogens with two attached hydrogens (primary N) is 1. The summed E-state index contributed by atoms with van der Waals surface area (Å²) in [5, 5.41) is 0. The molecular weight excluding hydrogens is 578 g/mol. The molecule has 2 aliphatic rings. The monoisotopic (exact) mass is 617 g/mol. The predicted octanol–water partition coefficient (Wildman–Crippen LogP) is 9.21. The van der Waals surface area contributed by atoms with Crippen molar-refractivity contribution in [1.29, 1.82) is 0 Å². The van der Waals surface area contributed by atoms with E-state index in [1.54, 1.807) is 0 Å². The summed E-state index contributed by atoms with van der Waals surface area (Å²) in [5.74, 6) is 1.62. The maximum atomic E-state index is 10.4. The summed E-state index contributed by atoms with van der Waals surface area (Å²) in [7, 11) is 0. The summed E-state index contributed by atoms with van der Waals surface area (Å²) in [5.41, 5.74) is 12.1. The maximum absolute atomic E-state index is 10.4. The van der Waals surface area contributed by atoms with Gasteiger partial charge >= 0.3 is 0 Å². The van der Waals surface area contributed by atoms with Gasteiger partial charge < -0.3 is 5.73 Å². The average molecular weight is 618 g/mol. The maximum Gasteiger partial charge on any atom is 0.220 e. The van der Waals surface area contributed by atoms with E-state index in [0.29, 0.717) is 29.6 Å². The van der Waals surface area contributed by atoms with Crippen LogP contribution in [0.5, 0.6) is 0 Å². The average Bonchev–Trinajstić information content (AvgIpc) is 3.75. The van der Waals surface area contributed by atoms with Crippen LogP contribution in [-0.2, 0) is 21.9 Å². The molecule has 2 saturated carbocycles. The fourth-order valence-corrected chi connectivity index (χ4v) is 7.44. The van der Waals surface area contributed by atoms with E-state index in [0.717, 1.165) is 12.8 Å². The Morgan fingerprint density at radius 2 is 0.705 bits per heavy atom. The second kappa shape index (κ2) is 15.2. The molecule has 2 aliphatic carbocycles. The number of carbonyl (C=O) groups excluding carboxylic acids is 1. The van der Waals surface area contributed by atoms with Crippen LogP contribution in [0.1, 0.15) is 70.2 Å². The minimum absolute atomic E-state index is 0. The summed E-state index contributed by atoms with van der Waals surface area (Å²) in [6, 6.07) is 56.1. The number of hydrogen-bond donors (Lipinski definition) is 1. The van der Waals surface area contributed by atoms with Crippen molar-refractivity contribution in [2.45, 2.75) is 42.4 Å². The first-order valence-corrected chi connectivity index (χ1v) is 15.4. The largest absolute Gasteiger partial charge is 0.369 e. The van der Waals surface area contributed by atoms with Crippen LogP contribution in [0.4, 0.5) is 0 Å². The van der Waals surface area contributed by atoms with Crippen LogP contribution >= 0.6 is 0 Å². The zero-order chi connectivity index (χ0) is 29.4. The zero-order valence-corrected chi connectivity index (χ0v) is 25.9. The molecule has 5 aromatic carbocycles. The van der Waals surface area contributed by atoms with Gasteiger partial charge in [0.05, 0.1) is 0 Å². The van der Waals surface area contributed by atoms with Gasteiger partial charge in [-0.05, 0) is 83.1 Å². The van der Waals surface area contributed by atoms with Gasteiger partial charge in [0.25, 0.3) is 0 Å². The van der Waals surface area contributed by atoms with Gasteiger partial charge in [0.2, 0.25) is 5.91 Å². The molecule has 7 rings (SSSR count). The molecule has 5 aromatic rings. The molecular formula is C41H39FeNO. The number of benzene rings is 5. The Hall–Kier alpha value is -3.91. The summed E-state index contributed by atoms with van der Waals surface area (Å²) < 4.78 is 0. The van der Waals surface area contributed by atoms with Crippen LogP contribution in [0, 0.1) is 18.8 Å². The first-order chi connectivity index (χ1) is 21.2. The van der Waals surface area contributed by atoms with Crippen molar-refractivity contribution in [3.63, 3.8) is 0 Å². The number of carbonyl (C=O) groups is 1. The van der Waals surface area contributed by atoms with Gasteiger partial charge in [-0.2, -0.15) is 0 Å². The first kappa shape index (κ1) is 31.5. The van der Waals surface area contributed by atoms with Crippen LogP contribution in [-0.4, -0.2) is 5.91 Å². The summed E-state index contributed by atoms with van der Waals surface area (Å²) in [6.45, 7) is 0. The summed E-state index contributed by atoms with van der Waals surface area (Å²) >= 11 is 0. The molecule has 222 valence electrons. The molecule has 2 radical (unpaired) electrons. The SMILES string of the molecule is NC(=O)C1[CH][CH]CC1.[Fe].c1ccc(C2C(c3ccccc3)C(c3ccccc3)C(c3ccccc3)C2c2ccccc2)cc1. The summed E-state index contributed by atoms with van der Waals surface area (Å²) in [4.78, 5) is 10.4. The van der Waals surface area contributed by atoms with Crippen LogP contribution in [0.15, 0.2) is 152 Å². The van der Waals surface area contributed by atoms with Gasteiger partial charge in [0.1, 0.15) is 0 Å². The smallest absolute Gasteiger partial charge is 0.220 e. The third kappa shape index (κ3) is 6.91. The van der Waals surface area contributed by atoms with Gasteiger partial charge in [-0.1, -0.05) is 152 Å². The Morgan fingerprint density at radius 1 is 0.455 bits per heavy atom. The van der Waals surface area contributed by atoms with Crippen molar-refractivity contribution in [1.82, 2.24) is 0 Å². The van der Waals surface area contributed by atoms with E-state index in [4.69, 9.17) is 5.73 Å². The van der Waals surface area contributed by atoms with Crippen LogP contribution in [0.25, 0.3) is 0 Å². The Balaban J connectivity index is 0.000000373.